The lowest BCUT2D eigenvalue weighted by molar-refractivity contribution is -0.114. The first-order chi connectivity index (χ1) is 6.91. The Labute approximate surface area is 93.1 Å². The third-order valence-electron chi connectivity index (χ3n) is 1.19. The van der Waals surface area contributed by atoms with Gasteiger partial charge < -0.3 is 10.4 Å². The Balaban J connectivity index is 0.000000423. The van der Waals surface area contributed by atoms with Crippen LogP contribution in [0.3, 0.4) is 0 Å². The molecule has 1 amide bonds. The maximum Gasteiger partial charge on any atom is 0.222 e. The third kappa shape index (κ3) is 9.04. The Hall–Kier alpha value is -1.27. The first-order valence-electron chi connectivity index (χ1n) is 3.78. The molecule has 0 spiro atoms. The van der Waals surface area contributed by atoms with E-state index in [2.05, 4.69) is 16.0 Å². The maximum absolute atomic E-state index is 10.5. The van der Waals surface area contributed by atoms with Crippen molar-refractivity contribution in [3.8, 4) is 5.75 Å². The number of hydrogen-bond acceptors (Lipinski definition) is 4. The van der Waals surface area contributed by atoms with Crippen LogP contribution in [0.5, 0.6) is 5.75 Å². The summed E-state index contributed by atoms with van der Waals surface area (Å²) in [6.07, 6.45) is 0. The van der Waals surface area contributed by atoms with Gasteiger partial charge in [0.05, 0.1) is 0 Å². The highest BCUT2D eigenvalue weighted by molar-refractivity contribution is 7.98. The van der Waals surface area contributed by atoms with Crippen molar-refractivity contribution in [3.63, 3.8) is 0 Å². The van der Waals surface area contributed by atoms with E-state index >= 15 is 0 Å². The molecule has 84 valence electrons. The molecule has 0 bridgehead atoms. The number of aromatic hydroxyl groups is 1. The largest absolute Gasteiger partial charge is 0.508 e. The van der Waals surface area contributed by atoms with Crippen LogP contribution in [0.2, 0.25) is 0 Å². The average Bonchev–Trinajstić information content (AvgIpc) is 2.07. The number of anilines is 1. The highest BCUT2D eigenvalue weighted by Gasteiger charge is 1.93. The van der Waals surface area contributed by atoms with Crippen LogP contribution in [0.15, 0.2) is 24.3 Å². The molecule has 2 N–H and O–H groups in total. The Morgan fingerprint density at radius 3 is 2.07 bits per heavy atom. The van der Waals surface area contributed by atoms with E-state index in [-0.39, 0.29) is 11.7 Å². The zero-order chi connectivity index (χ0) is 11.8. The van der Waals surface area contributed by atoms with Gasteiger partial charge in [0.15, 0.2) is 0 Å². The predicted molar refractivity (Wildman–Crippen MR) is 58.6 cm³/mol. The highest BCUT2D eigenvalue weighted by Crippen LogP contribution is 2.13. The van der Waals surface area contributed by atoms with E-state index in [9.17, 15) is 4.79 Å². The van der Waals surface area contributed by atoms with Crippen molar-refractivity contribution >= 4 is 32.2 Å². The fraction of sp³-hybridized carbons (Fsp3) is 0.125. The van der Waals surface area contributed by atoms with Gasteiger partial charge in [-0.1, -0.05) is 0 Å². The second-order valence-electron chi connectivity index (χ2n) is 2.44. The summed E-state index contributed by atoms with van der Waals surface area (Å²) in [6, 6.07) is 6.31. The zero-order valence-corrected chi connectivity index (χ0v) is 9.46. The summed E-state index contributed by atoms with van der Waals surface area (Å²) in [7, 11) is 1.58. The summed E-state index contributed by atoms with van der Waals surface area (Å²) in [4.78, 5) is 10.5. The van der Waals surface area contributed by atoms with Gasteiger partial charge in [0.25, 0.3) is 0 Å². The Kier molecular flexibility index (Phi) is 6.48. The number of amides is 1. The van der Waals surface area contributed by atoms with E-state index in [1.54, 1.807) is 12.1 Å². The van der Waals surface area contributed by atoms with Crippen molar-refractivity contribution in [3.05, 3.63) is 24.3 Å². The minimum atomic E-state index is -2.65. The van der Waals surface area contributed by atoms with Crippen LogP contribution in [0.25, 0.3) is 0 Å². The van der Waals surface area contributed by atoms with E-state index in [0.717, 1.165) is 0 Å². The topological polar surface area (TPSA) is 83.5 Å². The second-order valence-corrected chi connectivity index (χ2v) is 3.69. The molecule has 7 heteroatoms. The molecule has 0 aromatic heterocycles. The van der Waals surface area contributed by atoms with Gasteiger partial charge >= 0.3 is 0 Å². The zero-order valence-electron chi connectivity index (χ0n) is 7.81. The minimum Gasteiger partial charge on any atom is -0.508 e. The quantitative estimate of drug-likeness (QED) is 0.397. The van der Waals surface area contributed by atoms with Crippen molar-refractivity contribution in [2.24, 2.45) is 0 Å². The number of halogens is 1. The van der Waals surface area contributed by atoms with Gasteiger partial charge in [-0.05, 0) is 24.3 Å². The van der Waals surface area contributed by atoms with Gasteiger partial charge in [0.1, 0.15) is 5.75 Å². The SMILES string of the molecule is CC(=O)Nc1ccc(O)cc1.O=[SH](=O)Cl. The van der Waals surface area contributed by atoms with Crippen LogP contribution in [0.1, 0.15) is 6.92 Å². The molecule has 1 aromatic carbocycles. The molecule has 0 atom stereocenters. The van der Waals surface area contributed by atoms with Gasteiger partial charge in [0, 0.05) is 23.3 Å². The molecule has 1 aromatic rings. The summed E-state index contributed by atoms with van der Waals surface area (Å²) < 4.78 is 17.6. The molecule has 5 nitrogen and oxygen atoms in total. The number of phenolic OH excluding ortho intramolecular Hbond substituents is 1. The monoisotopic (exact) mass is 251 g/mol. The number of rotatable bonds is 1. The van der Waals surface area contributed by atoms with Gasteiger partial charge in [-0.2, -0.15) is 0 Å². The van der Waals surface area contributed by atoms with Gasteiger partial charge in [-0.25, -0.2) is 8.42 Å². The van der Waals surface area contributed by atoms with Crippen LogP contribution >= 0.6 is 10.7 Å². The average molecular weight is 252 g/mol. The van der Waals surface area contributed by atoms with Gasteiger partial charge in [-0.15, -0.1) is 0 Å². The maximum atomic E-state index is 10.5. The molecule has 0 saturated heterocycles. The Morgan fingerprint density at radius 1 is 1.33 bits per heavy atom. The molecule has 1 rings (SSSR count). The van der Waals surface area contributed by atoms with Crippen molar-refractivity contribution in [1.29, 1.82) is 0 Å². The predicted octanol–water partition coefficient (Wildman–Crippen LogP) is 1.10. The van der Waals surface area contributed by atoms with E-state index < -0.39 is 9.92 Å². The molecule has 0 aliphatic carbocycles. The molecule has 0 radical (unpaired) electrons. The summed E-state index contributed by atoms with van der Waals surface area (Å²) in [5, 5.41) is 11.5. The molecule has 0 heterocycles. The molecule has 15 heavy (non-hydrogen) atoms. The van der Waals surface area contributed by atoms with Crippen molar-refractivity contribution < 1.29 is 18.3 Å². The van der Waals surface area contributed by atoms with E-state index in [4.69, 9.17) is 13.5 Å². The van der Waals surface area contributed by atoms with E-state index in [1.807, 2.05) is 0 Å². The van der Waals surface area contributed by atoms with E-state index in [1.165, 1.54) is 19.1 Å². The van der Waals surface area contributed by atoms with E-state index in [0.29, 0.717) is 5.69 Å². The van der Waals surface area contributed by atoms with Crippen LogP contribution in [-0.2, 0) is 14.7 Å². The fourth-order valence-electron chi connectivity index (χ4n) is 0.748. The van der Waals surface area contributed by atoms with Crippen LogP contribution in [-0.4, -0.2) is 19.4 Å². The highest BCUT2D eigenvalue weighted by atomic mass is 35.7. The standard InChI is InChI=1S/C8H9NO2.ClHO2S/c1-6(10)9-7-2-4-8(11)5-3-7;1-4(2)3/h2-5,11H,1H3,(H,9,10);4H. The van der Waals surface area contributed by atoms with Crippen LogP contribution in [0.4, 0.5) is 5.69 Å². The Morgan fingerprint density at radius 2 is 1.73 bits per heavy atom. The smallest absolute Gasteiger partial charge is 0.222 e. The minimum absolute atomic E-state index is 0.115. The first kappa shape index (κ1) is 13.7. The second kappa shape index (κ2) is 7.08. The molecule has 0 aliphatic rings. The lowest BCUT2D eigenvalue weighted by atomic mass is 10.3. The van der Waals surface area contributed by atoms with Crippen molar-refractivity contribution in [1.82, 2.24) is 0 Å². The number of nitrogens with one attached hydrogen (secondary N) is 1. The number of carbonyl (C=O) groups is 1. The summed E-state index contributed by atoms with van der Waals surface area (Å²) in [5.74, 6) is 0.0785. The van der Waals surface area contributed by atoms with Gasteiger partial charge in [-0.3, -0.25) is 4.79 Å². The molecule has 0 unspecified atom stereocenters. The summed E-state index contributed by atoms with van der Waals surface area (Å²) in [6.45, 7) is 1.44. The fourth-order valence-corrected chi connectivity index (χ4v) is 0.748. The Bertz CT molecular complexity index is 380. The third-order valence-corrected chi connectivity index (χ3v) is 1.19. The van der Waals surface area contributed by atoms with Crippen LogP contribution < -0.4 is 5.32 Å². The van der Waals surface area contributed by atoms with Crippen molar-refractivity contribution in [2.45, 2.75) is 6.92 Å². The lowest BCUT2D eigenvalue weighted by Gasteiger charge is -1.99. The first-order valence-corrected chi connectivity index (χ1v) is 5.87. The van der Waals surface area contributed by atoms with Crippen molar-refractivity contribution in [2.75, 3.05) is 5.32 Å². The lowest BCUT2D eigenvalue weighted by Crippen LogP contribution is -2.04. The number of hydrogen-bond donors (Lipinski definition) is 3. The number of phenols is 1. The number of benzene rings is 1. The molecular weight excluding hydrogens is 242 g/mol. The van der Waals surface area contributed by atoms with Gasteiger partial charge in [0.2, 0.25) is 15.8 Å². The number of carbonyl (C=O) groups excluding carboxylic acids is 1. The molecular formula is C8H10ClNO4S. The molecule has 0 fully saturated rings. The molecule has 0 aliphatic heterocycles. The summed E-state index contributed by atoms with van der Waals surface area (Å²) >= 11 is 0. The number of thiol groups is 1. The normalized spacial score (nSPS) is 9.00. The van der Waals surface area contributed by atoms with Crippen LogP contribution in [0, 0.1) is 0 Å². The molecule has 0 saturated carbocycles. The summed E-state index contributed by atoms with van der Waals surface area (Å²) in [5.41, 5.74) is 0.690.